The number of amides is 1. The van der Waals surface area contributed by atoms with E-state index in [0.717, 1.165) is 42.6 Å². The van der Waals surface area contributed by atoms with E-state index in [-0.39, 0.29) is 24.3 Å². The van der Waals surface area contributed by atoms with Gasteiger partial charge < -0.3 is 10.1 Å². The molecule has 134 valence electrons. The van der Waals surface area contributed by atoms with Crippen molar-refractivity contribution >= 4 is 5.91 Å². The molecule has 4 heteroatoms. The van der Waals surface area contributed by atoms with Crippen molar-refractivity contribution in [3.63, 3.8) is 0 Å². The number of nitrogens with one attached hydrogen (secondary N) is 1. The van der Waals surface area contributed by atoms with Crippen molar-refractivity contribution in [1.82, 2.24) is 5.32 Å². The number of nitriles is 1. The highest BCUT2D eigenvalue weighted by molar-refractivity contribution is 5.80. The molecule has 2 atom stereocenters. The van der Waals surface area contributed by atoms with Crippen LogP contribution < -0.4 is 10.1 Å². The summed E-state index contributed by atoms with van der Waals surface area (Å²) in [7, 11) is 1.66. The second-order valence-corrected chi connectivity index (χ2v) is 6.73. The molecule has 1 aliphatic carbocycles. The molecule has 1 aliphatic rings. The minimum Gasteiger partial charge on any atom is -0.497 e. The zero-order chi connectivity index (χ0) is 18.4. The van der Waals surface area contributed by atoms with Crippen LogP contribution in [0.15, 0.2) is 48.5 Å². The molecule has 2 unspecified atom stereocenters. The summed E-state index contributed by atoms with van der Waals surface area (Å²) in [5.41, 5.74) is 3.48. The molecule has 0 saturated heterocycles. The third-order valence-corrected chi connectivity index (χ3v) is 5.18. The lowest BCUT2D eigenvalue weighted by atomic mass is 9.74. The summed E-state index contributed by atoms with van der Waals surface area (Å²) in [5.74, 6) is 1.00. The molecule has 0 aromatic heterocycles. The fraction of sp³-hybridized carbons (Fsp3) is 0.364. The number of carbonyl (C=O) groups is 1. The van der Waals surface area contributed by atoms with Crippen LogP contribution in [0.3, 0.4) is 0 Å². The lowest BCUT2D eigenvalue weighted by molar-refractivity contribution is -0.126. The number of nitrogens with zero attached hydrogens (tertiary/aromatic N) is 1. The Bertz CT molecular complexity index is 793. The molecular formula is C22H24N2O2. The molecule has 2 aromatic carbocycles. The maximum Gasteiger partial charge on any atom is 0.224 e. The lowest BCUT2D eigenvalue weighted by Gasteiger charge is -2.31. The van der Waals surface area contributed by atoms with Gasteiger partial charge in [-0.2, -0.15) is 5.26 Å². The average molecular weight is 348 g/mol. The molecule has 1 saturated carbocycles. The second-order valence-electron chi connectivity index (χ2n) is 6.73. The zero-order valence-electron chi connectivity index (χ0n) is 15.1. The van der Waals surface area contributed by atoms with Gasteiger partial charge in [0.15, 0.2) is 0 Å². The molecule has 26 heavy (non-hydrogen) atoms. The molecule has 2 aromatic rings. The van der Waals surface area contributed by atoms with Crippen molar-refractivity contribution in [2.75, 3.05) is 13.7 Å². The third-order valence-electron chi connectivity index (χ3n) is 5.18. The lowest BCUT2D eigenvalue weighted by Crippen LogP contribution is -2.36. The van der Waals surface area contributed by atoms with Gasteiger partial charge in [-0.25, -0.2) is 0 Å². The van der Waals surface area contributed by atoms with Crippen molar-refractivity contribution in [1.29, 1.82) is 5.26 Å². The van der Waals surface area contributed by atoms with Crippen LogP contribution in [-0.2, 0) is 4.79 Å². The molecule has 4 nitrogen and oxygen atoms in total. The van der Waals surface area contributed by atoms with Crippen molar-refractivity contribution in [2.45, 2.75) is 31.6 Å². The van der Waals surface area contributed by atoms with Crippen LogP contribution in [0.1, 0.15) is 37.2 Å². The first-order valence-corrected chi connectivity index (χ1v) is 9.12. The van der Waals surface area contributed by atoms with Gasteiger partial charge in [0.05, 0.1) is 13.2 Å². The average Bonchev–Trinajstić information content (AvgIpc) is 2.72. The topological polar surface area (TPSA) is 62.1 Å². The summed E-state index contributed by atoms with van der Waals surface area (Å²) < 4.78 is 5.23. The summed E-state index contributed by atoms with van der Waals surface area (Å²) in [6.07, 6.45) is 4.10. The zero-order valence-corrected chi connectivity index (χ0v) is 15.1. The van der Waals surface area contributed by atoms with E-state index in [9.17, 15) is 4.79 Å². The van der Waals surface area contributed by atoms with Gasteiger partial charge in [-0.1, -0.05) is 49.2 Å². The quantitative estimate of drug-likeness (QED) is 0.821. The van der Waals surface area contributed by atoms with Crippen LogP contribution in [0.4, 0.5) is 0 Å². The molecular weight excluding hydrogens is 324 g/mol. The van der Waals surface area contributed by atoms with Crippen LogP contribution >= 0.6 is 0 Å². The van der Waals surface area contributed by atoms with Gasteiger partial charge in [-0.3, -0.25) is 4.79 Å². The molecule has 1 N–H and O–H groups in total. The van der Waals surface area contributed by atoms with Crippen LogP contribution in [0.2, 0.25) is 0 Å². The van der Waals surface area contributed by atoms with E-state index in [0.29, 0.717) is 0 Å². The van der Waals surface area contributed by atoms with E-state index in [4.69, 9.17) is 10.00 Å². The molecule has 0 spiro atoms. The SMILES string of the molecule is COc1ccc(-c2cccc(C3CCCCC3C(=O)NCC#N)c2)cc1. The normalized spacial score (nSPS) is 19.4. The minimum atomic E-state index is -0.0526. The molecule has 0 bridgehead atoms. The Morgan fingerprint density at radius 3 is 2.65 bits per heavy atom. The van der Waals surface area contributed by atoms with Crippen molar-refractivity contribution < 1.29 is 9.53 Å². The highest BCUT2D eigenvalue weighted by atomic mass is 16.5. The van der Waals surface area contributed by atoms with Gasteiger partial charge in [-0.05, 0) is 47.6 Å². The standard InChI is InChI=1S/C22H24N2O2/c1-26-19-11-9-16(10-12-19)17-5-4-6-18(15-17)20-7-2-3-8-21(20)22(25)24-14-13-23/h4-6,9-12,15,20-21H,2-3,7-8,14H2,1H3,(H,24,25). The van der Waals surface area contributed by atoms with Gasteiger partial charge in [0.2, 0.25) is 5.91 Å². The van der Waals surface area contributed by atoms with E-state index in [1.165, 1.54) is 5.56 Å². The van der Waals surface area contributed by atoms with Crippen molar-refractivity contribution in [3.8, 4) is 22.9 Å². The van der Waals surface area contributed by atoms with Crippen LogP contribution in [0.5, 0.6) is 5.75 Å². The molecule has 3 rings (SSSR count). The van der Waals surface area contributed by atoms with Crippen LogP contribution in [0, 0.1) is 17.2 Å². The maximum atomic E-state index is 12.5. The molecule has 0 radical (unpaired) electrons. The van der Waals surface area contributed by atoms with Crippen molar-refractivity contribution in [3.05, 3.63) is 54.1 Å². The van der Waals surface area contributed by atoms with E-state index in [2.05, 4.69) is 41.7 Å². The first-order chi connectivity index (χ1) is 12.7. The summed E-state index contributed by atoms with van der Waals surface area (Å²) in [6, 6.07) is 18.5. The number of hydrogen-bond acceptors (Lipinski definition) is 3. The van der Waals surface area contributed by atoms with Gasteiger partial charge in [0.1, 0.15) is 12.3 Å². The Morgan fingerprint density at radius 1 is 1.15 bits per heavy atom. The Labute approximate surface area is 154 Å². The van der Waals surface area contributed by atoms with E-state index in [1.54, 1.807) is 7.11 Å². The summed E-state index contributed by atoms with van der Waals surface area (Å²) in [5, 5.41) is 11.5. The summed E-state index contributed by atoms with van der Waals surface area (Å²) in [6.45, 7) is 0.0773. The number of ether oxygens (including phenoxy) is 1. The predicted molar refractivity (Wildman–Crippen MR) is 102 cm³/mol. The van der Waals surface area contributed by atoms with Gasteiger partial charge in [-0.15, -0.1) is 0 Å². The Hall–Kier alpha value is -2.80. The monoisotopic (exact) mass is 348 g/mol. The smallest absolute Gasteiger partial charge is 0.224 e. The largest absolute Gasteiger partial charge is 0.497 e. The maximum absolute atomic E-state index is 12.5. The highest BCUT2D eigenvalue weighted by Crippen LogP contribution is 2.39. The molecule has 1 amide bonds. The summed E-state index contributed by atoms with van der Waals surface area (Å²) >= 11 is 0. The first-order valence-electron chi connectivity index (χ1n) is 9.12. The van der Waals surface area contributed by atoms with Crippen LogP contribution in [-0.4, -0.2) is 19.6 Å². The Morgan fingerprint density at radius 2 is 1.92 bits per heavy atom. The van der Waals surface area contributed by atoms with E-state index in [1.807, 2.05) is 18.2 Å². The Balaban J connectivity index is 1.85. The third kappa shape index (κ3) is 4.05. The van der Waals surface area contributed by atoms with E-state index >= 15 is 0 Å². The number of hydrogen-bond donors (Lipinski definition) is 1. The molecule has 0 aliphatic heterocycles. The van der Waals surface area contributed by atoms with E-state index < -0.39 is 0 Å². The first kappa shape index (κ1) is 18.0. The molecule has 1 fully saturated rings. The van der Waals surface area contributed by atoms with Crippen molar-refractivity contribution in [2.24, 2.45) is 5.92 Å². The highest BCUT2D eigenvalue weighted by Gasteiger charge is 2.31. The number of carbonyl (C=O) groups excluding carboxylic acids is 1. The fourth-order valence-corrected chi connectivity index (χ4v) is 3.83. The fourth-order valence-electron chi connectivity index (χ4n) is 3.83. The van der Waals surface area contributed by atoms with Crippen LogP contribution in [0.25, 0.3) is 11.1 Å². The number of methoxy groups -OCH3 is 1. The number of benzene rings is 2. The van der Waals surface area contributed by atoms with Gasteiger partial charge in [0, 0.05) is 5.92 Å². The van der Waals surface area contributed by atoms with Gasteiger partial charge >= 0.3 is 0 Å². The summed E-state index contributed by atoms with van der Waals surface area (Å²) in [4.78, 5) is 12.5. The van der Waals surface area contributed by atoms with Gasteiger partial charge in [0.25, 0.3) is 0 Å². The predicted octanol–water partition coefficient (Wildman–Crippen LogP) is 4.28. The second kappa shape index (κ2) is 8.53. The Kier molecular flexibility index (Phi) is 5.91. The minimum absolute atomic E-state index is 0.00565. The number of rotatable bonds is 5. The molecule has 0 heterocycles.